The Balaban J connectivity index is 1.73. The Bertz CT molecular complexity index is 707. The highest BCUT2D eigenvalue weighted by Crippen LogP contribution is 2.13. The van der Waals surface area contributed by atoms with Gasteiger partial charge in [0.2, 0.25) is 5.91 Å². The van der Waals surface area contributed by atoms with E-state index < -0.39 is 0 Å². The quantitative estimate of drug-likeness (QED) is 0.785. The molecule has 0 bridgehead atoms. The van der Waals surface area contributed by atoms with Crippen LogP contribution in [0.1, 0.15) is 28.8 Å². The number of carbonyl (C=O) groups is 2. The lowest BCUT2D eigenvalue weighted by molar-refractivity contribution is -0.116. The summed E-state index contributed by atoms with van der Waals surface area (Å²) in [4.78, 5) is 25.3. The van der Waals surface area contributed by atoms with Crippen LogP contribution >= 0.6 is 0 Å². The highest BCUT2D eigenvalue weighted by Gasteiger charge is 2.08. The molecule has 0 atom stereocenters. The zero-order valence-corrected chi connectivity index (χ0v) is 14.9. The number of hydrogen-bond donors (Lipinski definition) is 1. The van der Waals surface area contributed by atoms with Crippen molar-refractivity contribution in [3.05, 3.63) is 59.7 Å². The minimum atomic E-state index is -0.0702. The maximum absolute atomic E-state index is 12.0. The molecule has 1 N–H and O–H groups in total. The zero-order valence-electron chi connectivity index (χ0n) is 14.9. The van der Waals surface area contributed by atoms with Crippen LogP contribution < -0.4 is 10.1 Å². The molecule has 132 valence electrons. The van der Waals surface area contributed by atoms with Crippen LogP contribution in [0.5, 0.6) is 5.75 Å². The summed E-state index contributed by atoms with van der Waals surface area (Å²) in [6.07, 6.45) is 1.02. The predicted octanol–water partition coefficient (Wildman–Crippen LogP) is 3.49. The smallest absolute Gasteiger partial charge is 0.253 e. The zero-order chi connectivity index (χ0) is 18.2. The maximum Gasteiger partial charge on any atom is 0.253 e. The van der Waals surface area contributed by atoms with Crippen molar-refractivity contribution in [2.24, 2.45) is 0 Å². The van der Waals surface area contributed by atoms with Crippen LogP contribution in [-0.2, 0) is 4.79 Å². The Morgan fingerprint density at radius 1 is 1.00 bits per heavy atom. The molecule has 0 saturated heterocycles. The van der Waals surface area contributed by atoms with Crippen molar-refractivity contribution in [1.82, 2.24) is 4.90 Å². The second kappa shape index (κ2) is 8.87. The van der Waals surface area contributed by atoms with Gasteiger partial charge >= 0.3 is 0 Å². The topological polar surface area (TPSA) is 58.6 Å². The highest BCUT2D eigenvalue weighted by molar-refractivity contribution is 5.95. The van der Waals surface area contributed by atoms with Crippen molar-refractivity contribution >= 4 is 17.5 Å². The van der Waals surface area contributed by atoms with Crippen LogP contribution in [0.15, 0.2) is 48.5 Å². The number of anilines is 1. The molecule has 25 heavy (non-hydrogen) atoms. The molecule has 5 heteroatoms. The summed E-state index contributed by atoms with van der Waals surface area (Å²) in [7, 11) is 3.41. The second-order valence-corrected chi connectivity index (χ2v) is 6.09. The molecule has 2 amide bonds. The third kappa shape index (κ3) is 5.95. The van der Waals surface area contributed by atoms with Crippen molar-refractivity contribution in [2.75, 3.05) is 26.0 Å². The molecule has 0 aromatic heterocycles. The van der Waals surface area contributed by atoms with E-state index in [1.807, 2.05) is 31.2 Å². The van der Waals surface area contributed by atoms with Gasteiger partial charge in [-0.15, -0.1) is 0 Å². The van der Waals surface area contributed by atoms with Gasteiger partial charge in [0, 0.05) is 31.8 Å². The van der Waals surface area contributed by atoms with Gasteiger partial charge < -0.3 is 15.0 Å². The number of benzene rings is 2. The van der Waals surface area contributed by atoms with Crippen LogP contribution in [0.2, 0.25) is 0 Å². The highest BCUT2D eigenvalue weighted by atomic mass is 16.5. The molecule has 0 aliphatic rings. The van der Waals surface area contributed by atoms with Crippen molar-refractivity contribution in [1.29, 1.82) is 0 Å². The van der Waals surface area contributed by atoms with Crippen LogP contribution in [-0.4, -0.2) is 37.4 Å². The lowest BCUT2D eigenvalue weighted by atomic mass is 10.2. The summed E-state index contributed by atoms with van der Waals surface area (Å²) in [5.41, 5.74) is 2.46. The number of nitrogens with one attached hydrogen (secondary N) is 1. The summed E-state index contributed by atoms with van der Waals surface area (Å²) >= 11 is 0. The summed E-state index contributed by atoms with van der Waals surface area (Å²) in [5.74, 6) is 0.678. The SMILES string of the molecule is Cc1ccc(OCCCC(=O)Nc2ccc(C(=O)N(C)C)cc2)cc1. The normalized spacial score (nSPS) is 10.2. The molecule has 5 nitrogen and oxygen atoms in total. The minimum absolute atomic E-state index is 0.0638. The average Bonchev–Trinajstić information content (AvgIpc) is 2.60. The maximum atomic E-state index is 12.0. The summed E-state index contributed by atoms with van der Waals surface area (Å²) in [5, 5.41) is 2.82. The Hall–Kier alpha value is -2.82. The van der Waals surface area contributed by atoms with Crippen molar-refractivity contribution in [3.8, 4) is 5.75 Å². The molecule has 0 fully saturated rings. The van der Waals surface area contributed by atoms with E-state index in [2.05, 4.69) is 5.32 Å². The first-order valence-corrected chi connectivity index (χ1v) is 8.27. The third-order valence-corrected chi connectivity index (χ3v) is 3.66. The van der Waals surface area contributed by atoms with Crippen LogP contribution in [0.25, 0.3) is 0 Å². The molecule has 2 aromatic carbocycles. The van der Waals surface area contributed by atoms with Gasteiger partial charge in [-0.1, -0.05) is 17.7 Å². The first-order valence-electron chi connectivity index (χ1n) is 8.27. The molecular weight excluding hydrogens is 316 g/mol. The lowest BCUT2D eigenvalue weighted by Gasteiger charge is -2.11. The monoisotopic (exact) mass is 340 g/mol. The van der Waals surface area contributed by atoms with E-state index in [0.717, 1.165) is 5.75 Å². The van der Waals surface area contributed by atoms with Gasteiger partial charge in [0.05, 0.1) is 6.61 Å². The minimum Gasteiger partial charge on any atom is -0.494 e. The molecule has 0 heterocycles. The molecule has 0 radical (unpaired) electrons. The first-order chi connectivity index (χ1) is 12.0. The largest absolute Gasteiger partial charge is 0.494 e. The Kier molecular flexibility index (Phi) is 6.57. The van der Waals surface area contributed by atoms with E-state index in [-0.39, 0.29) is 11.8 Å². The number of nitrogens with zero attached hydrogens (tertiary/aromatic N) is 1. The molecule has 0 aliphatic carbocycles. The van der Waals surface area contributed by atoms with Gasteiger partial charge in [-0.3, -0.25) is 9.59 Å². The van der Waals surface area contributed by atoms with E-state index in [9.17, 15) is 9.59 Å². The number of ether oxygens (including phenoxy) is 1. The lowest BCUT2D eigenvalue weighted by Crippen LogP contribution is -2.21. The molecule has 0 unspecified atom stereocenters. The third-order valence-electron chi connectivity index (χ3n) is 3.66. The standard InChI is InChI=1S/C20H24N2O3/c1-15-6-12-18(13-7-15)25-14-4-5-19(23)21-17-10-8-16(9-11-17)20(24)22(2)3/h6-13H,4-5,14H2,1-3H3,(H,21,23). The van der Waals surface area contributed by atoms with Gasteiger partial charge in [0.1, 0.15) is 5.75 Å². The van der Waals surface area contributed by atoms with Crippen molar-refractivity contribution in [3.63, 3.8) is 0 Å². The Morgan fingerprint density at radius 2 is 1.64 bits per heavy atom. The van der Waals surface area contributed by atoms with E-state index in [0.29, 0.717) is 30.7 Å². The van der Waals surface area contributed by atoms with E-state index >= 15 is 0 Å². The number of hydrogen-bond acceptors (Lipinski definition) is 3. The molecule has 2 rings (SSSR count). The summed E-state index contributed by atoms with van der Waals surface area (Å²) in [6, 6.07) is 14.7. The number of rotatable bonds is 7. The summed E-state index contributed by atoms with van der Waals surface area (Å²) < 4.78 is 5.60. The van der Waals surface area contributed by atoms with Crippen LogP contribution in [0, 0.1) is 6.92 Å². The van der Waals surface area contributed by atoms with E-state index in [1.165, 1.54) is 10.5 Å². The first kappa shape index (κ1) is 18.5. The van der Waals surface area contributed by atoms with Gasteiger partial charge in [-0.25, -0.2) is 0 Å². The molecular formula is C20H24N2O3. The molecule has 0 saturated carbocycles. The van der Waals surface area contributed by atoms with Gasteiger partial charge in [-0.2, -0.15) is 0 Å². The summed E-state index contributed by atoms with van der Waals surface area (Å²) in [6.45, 7) is 2.52. The number of amides is 2. The van der Waals surface area contributed by atoms with Gasteiger partial charge in [0.25, 0.3) is 5.91 Å². The van der Waals surface area contributed by atoms with E-state index in [1.54, 1.807) is 38.4 Å². The molecule has 0 aliphatic heterocycles. The number of carbonyl (C=O) groups excluding carboxylic acids is 2. The second-order valence-electron chi connectivity index (χ2n) is 6.09. The average molecular weight is 340 g/mol. The van der Waals surface area contributed by atoms with E-state index in [4.69, 9.17) is 4.74 Å². The fraction of sp³-hybridized carbons (Fsp3) is 0.300. The van der Waals surface area contributed by atoms with Crippen molar-refractivity contribution < 1.29 is 14.3 Å². The fourth-order valence-electron chi connectivity index (χ4n) is 2.24. The predicted molar refractivity (Wildman–Crippen MR) is 99.0 cm³/mol. The van der Waals surface area contributed by atoms with Gasteiger partial charge in [0.15, 0.2) is 0 Å². The Morgan fingerprint density at radius 3 is 2.24 bits per heavy atom. The van der Waals surface area contributed by atoms with Crippen molar-refractivity contribution in [2.45, 2.75) is 19.8 Å². The Labute approximate surface area is 148 Å². The van der Waals surface area contributed by atoms with Gasteiger partial charge in [-0.05, 0) is 49.7 Å². The fourth-order valence-corrected chi connectivity index (χ4v) is 2.24. The van der Waals surface area contributed by atoms with Crippen LogP contribution in [0.3, 0.4) is 0 Å². The van der Waals surface area contributed by atoms with Crippen LogP contribution in [0.4, 0.5) is 5.69 Å². The molecule has 2 aromatic rings. The molecule has 0 spiro atoms. The number of aryl methyl sites for hydroxylation is 1.